The van der Waals surface area contributed by atoms with Crippen LogP contribution in [-0.2, 0) is 6.42 Å². The summed E-state index contributed by atoms with van der Waals surface area (Å²) in [6.07, 6.45) is 3.68. The average molecular weight is 210 g/mol. The summed E-state index contributed by atoms with van der Waals surface area (Å²) in [7, 11) is 0. The van der Waals surface area contributed by atoms with Crippen molar-refractivity contribution < 1.29 is 0 Å². The molecular weight excluding hydrogens is 194 g/mol. The van der Waals surface area contributed by atoms with Crippen molar-refractivity contribution in [3.05, 3.63) is 35.4 Å². The zero-order valence-electron chi connectivity index (χ0n) is 8.46. The average Bonchev–Trinajstić information content (AvgIpc) is 2.18. The van der Waals surface area contributed by atoms with E-state index in [0.29, 0.717) is 6.04 Å². The molecule has 0 aliphatic heterocycles. The van der Waals surface area contributed by atoms with Gasteiger partial charge in [0, 0.05) is 6.04 Å². The smallest absolute Gasteiger partial charge is 0.0801 e. The molecule has 2 atom stereocenters. The lowest BCUT2D eigenvalue weighted by atomic mass is 9.88. The van der Waals surface area contributed by atoms with Gasteiger partial charge >= 0.3 is 0 Å². The molecule has 1 aliphatic carbocycles. The van der Waals surface area contributed by atoms with Gasteiger partial charge in [-0.25, -0.2) is 0 Å². The van der Waals surface area contributed by atoms with Crippen molar-refractivity contribution in [2.45, 2.75) is 37.7 Å². The molecule has 1 aromatic carbocycles. The number of hydrogen-bond acceptors (Lipinski definition) is 1. The Hall–Kier alpha value is -0.530. The van der Waals surface area contributed by atoms with Gasteiger partial charge in [0.1, 0.15) is 0 Å². The highest BCUT2D eigenvalue weighted by molar-refractivity contribution is 6.20. The molecule has 0 amide bonds. The Bertz CT molecular complexity index is 309. The fourth-order valence-corrected chi connectivity index (χ4v) is 2.36. The van der Waals surface area contributed by atoms with Crippen LogP contribution in [0.25, 0.3) is 0 Å². The van der Waals surface area contributed by atoms with Gasteiger partial charge < -0.3 is 0 Å². The first-order valence-electron chi connectivity index (χ1n) is 5.25. The molecule has 0 unspecified atom stereocenters. The van der Waals surface area contributed by atoms with Crippen molar-refractivity contribution >= 4 is 11.6 Å². The number of nitrogens with one attached hydrogen (secondary N) is 1. The molecule has 0 fully saturated rings. The zero-order chi connectivity index (χ0) is 9.97. The highest BCUT2D eigenvalue weighted by atomic mass is 35.5. The summed E-state index contributed by atoms with van der Waals surface area (Å²) in [5, 5.41) is 3.40. The van der Waals surface area contributed by atoms with Crippen molar-refractivity contribution in [2.24, 2.45) is 0 Å². The maximum absolute atomic E-state index is 5.97. The summed E-state index contributed by atoms with van der Waals surface area (Å²) in [5.74, 6) is 0. The van der Waals surface area contributed by atoms with E-state index < -0.39 is 0 Å². The van der Waals surface area contributed by atoms with Crippen LogP contribution in [-0.4, -0.2) is 5.50 Å². The van der Waals surface area contributed by atoms with Crippen LogP contribution in [0.15, 0.2) is 24.3 Å². The van der Waals surface area contributed by atoms with Crippen molar-refractivity contribution in [1.82, 2.24) is 5.32 Å². The molecule has 76 valence electrons. The Morgan fingerprint density at radius 3 is 3.00 bits per heavy atom. The molecule has 1 aliphatic rings. The van der Waals surface area contributed by atoms with Crippen LogP contribution < -0.4 is 5.32 Å². The third kappa shape index (κ3) is 2.10. The number of hydrogen-bond donors (Lipinski definition) is 1. The second-order valence-electron chi connectivity index (χ2n) is 3.93. The Balaban J connectivity index is 2.22. The number of alkyl halides is 1. The molecule has 0 radical (unpaired) electrons. The molecule has 1 nitrogen and oxygen atoms in total. The summed E-state index contributed by atoms with van der Waals surface area (Å²) in [6.45, 7) is 1.98. The molecule has 1 aromatic rings. The second kappa shape index (κ2) is 4.33. The zero-order valence-corrected chi connectivity index (χ0v) is 9.22. The van der Waals surface area contributed by atoms with E-state index in [2.05, 4.69) is 29.6 Å². The Kier molecular flexibility index (Phi) is 3.09. The molecule has 0 aromatic heterocycles. The molecule has 2 rings (SSSR count). The van der Waals surface area contributed by atoms with E-state index in [-0.39, 0.29) is 5.50 Å². The molecule has 14 heavy (non-hydrogen) atoms. The minimum Gasteiger partial charge on any atom is -0.295 e. The number of fused-ring (bicyclic) bond motifs is 1. The quantitative estimate of drug-likeness (QED) is 0.583. The molecule has 0 bridgehead atoms. The van der Waals surface area contributed by atoms with Crippen LogP contribution >= 0.6 is 11.6 Å². The lowest BCUT2D eigenvalue weighted by Gasteiger charge is -2.27. The van der Waals surface area contributed by atoms with Crippen molar-refractivity contribution in [3.8, 4) is 0 Å². The Labute approximate surface area is 90.5 Å². The van der Waals surface area contributed by atoms with E-state index >= 15 is 0 Å². The first kappa shape index (κ1) is 10.0. The highest BCUT2D eigenvalue weighted by Gasteiger charge is 2.19. The van der Waals surface area contributed by atoms with Crippen LogP contribution in [0.3, 0.4) is 0 Å². The maximum Gasteiger partial charge on any atom is 0.0801 e. The molecule has 0 saturated carbocycles. The third-order valence-electron chi connectivity index (χ3n) is 2.80. The minimum absolute atomic E-state index is 0.0474. The van der Waals surface area contributed by atoms with Crippen molar-refractivity contribution in [3.63, 3.8) is 0 Å². The summed E-state index contributed by atoms with van der Waals surface area (Å²) < 4.78 is 0. The van der Waals surface area contributed by atoms with Crippen molar-refractivity contribution in [2.75, 3.05) is 0 Å². The monoisotopic (exact) mass is 209 g/mol. The van der Waals surface area contributed by atoms with Crippen LogP contribution in [0, 0.1) is 0 Å². The van der Waals surface area contributed by atoms with E-state index in [9.17, 15) is 0 Å². The number of rotatable bonds is 2. The molecule has 1 N–H and O–H groups in total. The van der Waals surface area contributed by atoms with E-state index in [1.165, 1.54) is 30.4 Å². The standard InChI is InChI=1S/C12H16ClN/c1-9(13)14-12-8-4-6-10-5-2-3-7-11(10)12/h2-3,5,7,9,12,14H,4,6,8H2,1H3/t9-,12+/m1/s1. The largest absolute Gasteiger partial charge is 0.295 e. The van der Waals surface area contributed by atoms with E-state index in [1.54, 1.807) is 0 Å². The van der Waals surface area contributed by atoms with Crippen molar-refractivity contribution in [1.29, 1.82) is 0 Å². The van der Waals surface area contributed by atoms with E-state index in [4.69, 9.17) is 11.6 Å². The van der Waals surface area contributed by atoms with Crippen LogP contribution in [0.5, 0.6) is 0 Å². The summed E-state index contributed by atoms with van der Waals surface area (Å²) in [4.78, 5) is 0. The van der Waals surface area contributed by atoms with Crippen LogP contribution in [0.2, 0.25) is 0 Å². The van der Waals surface area contributed by atoms with Gasteiger partial charge in [0.05, 0.1) is 5.50 Å². The normalized spacial score (nSPS) is 22.9. The van der Waals surface area contributed by atoms with E-state index in [0.717, 1.165) is 0 Å². The van der Waals surface area contributed by atoms with E-state index in [1.807, 2.05) is 6.92 Å². The maximum atomic E-state index is 5.97. The van der Waals surface area contributed by atoms with Gasteiger partial charge in [0.15, 0.2) is 0 Å². The molecular formula is C12H16ClN. The second-order valence-corrected chi connectivity index (χ2v) is 4.58. The summed E-state index contributed by atoms with van der Waals surface area (Å²) >= 11 is 5.97. The summed E-state index contributed by atoms with van der Waals surface area (Å²) in [5.41, 5.74) is 2.96. The van der Waals surface area contributed by atoms with Gasteiger partial charge in [0.25, 0.3) is 0 Å². The number of halogens is 1. The fraction of sp³-hybridized carbons (Fsp3) is 0.500. The molecule has 0 heterocycles. The summed E-state index contributed by atoms with van der Waals surface area (Å²) in [6, 6.07) is 9.11. The Morgan fingerprint density at radius 1 is 1.43 bits per heavy atom. The number of aryl methyl sites for hydroxylation is 1. The molecule has 2 heteroatoms. The first-order valence-corrected chi connectivity index (χ1v) is 5.69. The Morgan fingerprint density at radius 2 is 2.21 bits per heavy atom. The van der Waals surface area contributed by atoms with Gasteiger partial charge in [-0.1, -0.05) is 24.3 Å². The minimum atomic E-state index is 0.0474. The predicted octanol–water partition coefficient (Wildman–Crippen LogP) is 3.24. The third-order valence-corrected chi connectivity index (χ3v) is 2.93. The fourth-order valence-electron chi connectivity index (χ4n) is 2.20. The molecule has 0 saturated heterocycles. The van der Waals surface area contributed by atoms with Gasteiger partial charge in [0.2, 0.25) is 0 Å². The lowest BCUT2D eigenvalue weighted by Crippen LogP contribution is -2.29. The topological polar surface area (TPSA) is 12.0 Å². The first-order chi connectivity index (χ1) is 6.77. The predicted molar refractivity (Wildman–Crippen MR) is 60.6 cm³/mol. The SMILES string of the molecule is C[C@H](Cl)N[C@H]1CCCc2ccccc21. The van der Waals surface area contributed by atoms with Gasteiger partial charge in [-0.2, -0.15) is 0 Å². The van der Waals surface area contributed by atoms with Gasteiger partial charge in [-0.15, -0.1) is 11.6 Å². The van der Waals surface area contributed by atoms with Crippen LogP contribution in [0.1, 0.15) is 36.9 Å². The number of benzene rings is 1. The van der Waals surface area contributed by atoms with Gasteiger partial charge in [-0.05, 0) is 37.3 Å². The van der Waals surface area contributed by atoms with Gasteiger partial charge in [-0.3, -0.25) is 5.32 Å². The molecule has 0 spiro atoms. The highest BCUT2D eigenvalue weighted by Crippen LogP contribution is 2.29. The van der Waals surface area contributed by atoms with Crippen LogP contribution in [0.4, 0.5) is 0 Å². The lowest BCUT2D eigenvalue weighted by molar-refractivity contribution is 0.456.